The third-order valence-electron chi connectivity index (χ3n) is 4.10. The van der Waals surface area contributed by atoms with Crippen molar-refractivity contribution in [1.82, 2.24) is 15.6 Å². The average Bonchev–Trinajstić information content (AvgIpc) is 3.12. The van der Waals surface area contributed by atoms with Crippen LogP contribution in [0.25, 0.3) is 11.5 Å². The molecule has 22 heavy (non-hydrogen) atoms. The van der Waals surface area contributed by atoms with Crippen LogP contribution in [-0.2, 0) is 11.2 Å². The largest absolute Gasteiger partial charge is 0.441 e. The molecule has 2 aromatic rings. The van der Waals surface area contributed by atoms with Gasteiger partial charge in [-0.3, -0.25) is 4.79 Å². The zero-order valence-electron chi connectivity index (χ0n) is 12.9. The van der Waals surface area contributed by atoms with Crippen molar-refractivity contribution in [2.45, 2.75) is 45.2 Å². The molecular formula is C16H21N3O2S. The van der Waals surface area contributed by atoms with E-state index in [2.05, 4.69) is 22.5 Å². The highest BCUT2D eigenvalue weighted by molar-refractivity contribution is 7.08. The number of oxazole rings is 1. The fraction of sp³-hybridized carbons (Fsp3) is 0.500. The predicted octanol–water partition coefficient (Wildman–Crippen LogP) is 2.51. The summed E-state index contributed by atoms with van der Waals surface area (Å²) in [6.07, 6.45) is 2.39. The van der Waals surface area contributed by atoms with Gasteiger partial charge in [0.05, 0.1) is 12.1 Å². The van der Waals surface area contributed by atoms with Gasteiger partial charge in [-0.2, -0.15) is 11.3 Å². The second-order valence-corrected chi connectivity index (χ2v) is 6.55. The van der Waals surface area contributed by atoms with Crippen LogP contribution in [0.3, 0.4) is 0 Å². The molecule has 1 aliphatic rings. The molecule has 0 saturated carbocycles. The molecular weight excluding hydrogens is 298 g/mol. The van der Waals surface area contributed by atoms with Crippen LogP contribution in [-0.4, -0.2) is 29.5 Å². The Hall–Kier alpha value is -1.66. The number of piperidine rings is 1. The highest BCUT2D eigenvalue weighted by Gasteiger charge is 2.23. The van der Waals surface area contributed by atoms with E-state index < -0.39 is 0 Å². The zero-order chi connectivity index (χ0) is 15.5. The third kappa shape index (κ3) is 3.39. The molecule has 2 unspecified atom stereocenters. The smallest absolute Gasteiger partial charge is 0.227 e. The van der Waals surface area contributed by atoms with Crippen molar-refractivity contribution in [3.05, 3.63) is 28.3 Å². The maximum Gasteiger partial charge on any atom is 0.227 e. The number of aryl methyl sites for hydroxylation is 1. The summed E-state index contributed by atoms with van der Waals surface area (Å²) < 4.78 is 5.67. The van der Waals surface area contributed by atoms with E-state index in [4.69, 9.17) is 4.42 Å². The van der Waals surface area contributed by atoms with Gasteiger partial charge in [0.2, 0.25) is 11.8 Å². The number of amides is 1. The number of thiophene rings is 1. The van der Waals surface area contributed by atoms with Gasteiger partial charge in [-0.25, -0.2) is 4.98 Å². The highest BCUT2D eigenvalue weighted by atomic mass is 32.1. The van der Waals surface area contributed by atoms with E-state index in [1.165, 1.54) is 0 Å². The molecule has 5 nitrogen and oxygen atoms in total. The molecule has 0 aromatic carbocycles. The lowest BCUT2D eigenvalue weighted by Crippen LogP contribution is -2.52. The minimum absolute atomic E-state index is 0.00817. The summed E-state index contributed by atoms with van der Waals surface area (Å²) >= 11 is 1.60. The van der Waals surface area contributed by atoms with Gasteiger partial charge in [0.25, 0.3) is 0 Å². The Morgan fingerprint density at radius 1 is 1.59 bits per heavy atom. The van der Waals surface area contributed by atoms with E-state index in [1.54, 1.807) is 11.3 Å². The summed E-state index contributed by atoms with van der Waals surface area (Å²) in [4.78, 5) is 16.7. The summed E-state index contributed by atoms with van der Waals surface area (Å²) in [5.74, 6) is 1.31. The number of aromatic nitrogens is 1. The first-order chi connectivity index (χ1) is 10.6. The average molecular weight is 319 g/mol. The molecule has 3 rings (SSSR count). The third-order valence-corrected chi connectivity index (χ3v) is 4.78. The molecule has 0 radical (unpaired) electrons. The molecule has 1 fully saturated rings. The minimum atomic E-state index is 0.00817. The van der Waals surface area contributed by atoms with E-state index in [-0.39, 0.29) is 18.4 Å². The van der Waals surface area contributed by atoms with Crippen LogP contribution in [0.1, 0.15) is 31.2 Å². The Labute approximate surface area is 134 Å². The number of carbonyl (C=O) groups excluding carboxylic acids is 1. The van der Waals surface area contributed by atoms with E-state index >= 15 is 0 Å². The standard InChI is InChI=1S/C16H21N3O2S/c1-10-13(4-3-6-17-10)18-15(20)8-14-11(2)21-16(19-14)12-5-7-22-9-12/h5,7,9-10,13,17H,3-4,6,8H2,1-2H3,(H,18,20). The lowest BCUT2D eigenvalue weighted by atomic mass is 9.99. The predicted molar refractivity (Wildman–Crippen MR) is 86.9 cm³/mol. The Morgan fingerprint density at radius 3 is 3.18 bits per heavy atom. The van der Waals surface area contributed by atoms with Crippen LogP contribution >= 0.6 is 11.3 Å². The van der Waals surface area contributed by atoms with E-state index in [1.807, 2.05) is 23.8 Å². The van der Waals surface area contributed by atoms with E-state index in [0.29, 0.717) is 17.7 Å². The van der Waals surface area contributed by atoms with Crippen molar-refractivity contribution in [3.63, 3.8) is 0 Å². The molecule has 0 aliphatic carbocycles. The van der Waals surface area contributed by atoms with Gasteiger partial charge in [0.15, 0.2) is 0 Å². The monoisotopic (exact) mass is 319 g/mol. The zero-order valence-corrected chi connectivity index (χ0v) is 13.7. The number of rotatable bonds is 4. The Morgan fingerprint density at radius 2 is 2.45 bits per heavy atom. The maximum absolute atomic E-state index is 12.3. The maximum atomic E-state index is 12.3. The fourth-order valence-corrected chi connectivity index (χ4v) is 3.38. The van der Waals surface area contributed by atoms with Gasteiger partial charge in [0.1, 0.15) is 5.76 Å². The number of nitrogens with zero attached hydrogens (tertiary/aromatic N) is 1. The summed E-state index contributed by atoms with van der Waals surface area (Å²) in [5.41, 5.74) is 1.68. The van der Waals surface area contributed by atoms with Crippen molar-refractivity contribution in [1.29, 1.82) is 0 Å². The molecule has 118 valence electrons. The summed E-state index contributed by atoms with van der Waals surface area (Å²) in [6, 6.07) is 2.48. The van der Waals surface area contributed by atoms with Crippen molar-refractivity contribution >= 4 is 17.2 Å². The summed E-state index contributed by atoms with van der Waals surface area (Å²) in [6.45, 7) is 5.00. The number of nitrogens with one attached hydrogen (secondary N) is 2. The highest BCUT2D eigenvalue weighted by Crippen LogP contribution is 2.24. The van der Waals surface area contributed by atoms with E-state index in [9.17, 15) is 4.79 Å². The van der Waals surface area contributed by atoms with E-state index in [0.717, 1.165) is 30.6 Å². The van der Waals surface area contributed by atoms with Crippen molar-refractivity contribution in [2.75, 3.05) is 6.54 Å². The molecule has 1 amide bonds. The second kappa shape index (κ2) is 6.62. The molecule has 3 heterocycles. The lowest BCUT2D eigenvalue weighted by Gasteiger charge is -2.30. The van der Waals surface area contributed by atoms with Crippen LogP contribution in [0.15, 0.2) is 21.2 Å². The van der Waals surface area contributed by atoms with Crippen molar-refractivity contribution in [3.8, 4) is 11.5 Å². The molecule has 0 spiro atoms. The van der Waals surface area contributed by atoms with Crippen LogP contribution < -0.4 is 10.6 Å². The summed E-state index contributed by atoms with van der Waals surface area (Å²) in [7, 11) is 0. The Kier molecular flexibility index (Phi) is 4.59. The Bertz CT molecular complexity index is 636. The topological polar surface area (TPSA) is 67.2 Å². The van der Waals surface area contributed by atoms with Crippen LogP contribution in [0.5, 0.6) is 0 Å². The Balaban J connectivity index is 1.64. The van der Waals surface area contributed by atoms with Crippen molar-refractivity contribution < 1.29 is 9.21 Å². The SMILES string of the molecule is Cc1oc(-c2ccsc2)nc1CC(=O)NC1CCCNC1C. The van der Waals surface area contributed by atoms with Gasteiger partial charge >= 0.3 is 0 Å². The number of carbonyl (C=O) groups is 1. The molecule has 2 N–H and O–H groups in total. The van der Waals surface area contributed by atoms with Crippen LogP contribution in [0.2, 0.25) is 0 Å². The van der Waals surface area contributed by atoms with Gasteiger partial charge in [-0.15, -0.1) is 0 Å². The molecule has 2 aromatic heterocycles. The quantitative estimate of drug-likeness (QED) is 0.909. The van der Waals surface area contributed by atoms with Crippen LogP contribution in [0.4, 0.5) is 0 Å². The van der Waals surface area contributed by atoms with Gasteiger partial charge in [-0.05, 0) is 44.7 Å². The van der Waals surface area contributed by atoms with Gasteiger partial charge < -0.3 is 15.1 Å². The number of hydrogen-bond donors (Lipinski definition) is 2. The molecule has 1 aliphatic heterocycles. The first-order valence-corrected chi connectivity index (χ1v) is 8.59. The van der Waals surface area contributed by atoms with Crippen molar-refractivity contribution in [2.24, 2.45) is 0 Å². The lowest BCUT2D eigenvalue weighted by molar-refractivity contribution is -0.121. The first kappa shape index (κ1) is 15.2. The van der Waals surface area contributed by atoms with Gasteiger partial charge in [0, 0.05) is 23.0 Å². The first-order valence-electron chi connectivity index (χ1n) is 7.65. The number of hydrogen-bond acceptors (Lipinski definition) is 5. The molecule has 6 heteroatoms. The normalized spacial score (nSPS) is 21.7. The minimum Gasteiger partial charge on any atom is -0.441 e. The van der Waals surface area contributed by atoms with Gasteiger partial charge in [-0.1, -0.05) is 0 Å². The molecule has 0 bridgehead atoms. The fourth-order valence-electron chi connectivity index (χ4n) is 2.75. The molecule has 2 atom stereocenters. The van der Waals surface area contributed by atoms with Crippen LogP contribution in [0, 0.1) is 6.92 Å². The second-order valence-electron chi connectivity index (χ2n) is 5.77. The summed E-state index contributed by atoms with van der Waals surface area (Å²) in [5, 5.41) is 10.5. The molecule has 1 saturated heterocycles.